The number of nitrogens with zero attached hydrogens (tertiary/aromatic N) is 4. The summed E-state index contributed by atoms with van der Waals surface area (Å²) in [5, 5.41) is 10.7. The van der Waals surface area contributed by atoms with Gasteiger partial charge in [-0.25, -0.2) is 4.98 Å². The maximum absolute atomic E-state index is 5.40. The van der Waals surface area contributed by atoms with E-state index in [9.17, 15) is 0 Å². The van der Waals surface area contributed by atoms with E-state index in [-0.39, 0.29) is 0 Å². The fourth-order valence-electron chi connectivity index (χ4n) is 2.41. The summed E-state index contributed by atoms with van der Waals surface area (Å²) in [6.07, 6.45) is 6.59. The first-order chi connectivity index (χ1) is 12.2. The highest BCUT2D eigenvalue weighted by atomic mass is 16.5. The van der Waals surface area contributed by atoms with Crippen molar-refractivity contribution in [3.05, 3.63) is 24.5 Å². The van der Waals surface area contributed by atoms with Gasteiger partial charge in [-0.05, 0) is 6.42 Å². The third-order valence-corrected chi connectivity index (χ3v) is 3.54. The van der Waals surface area contributed by atoms with E-state index in [0.717, 1.165) is 29.8 Å². The lowest BCUT2D eigenvalue weighted by Gasteiger charge is -2.13. The first-order valence-electron chi connectivity index (χ1n) is 8.50. The quantitative estimate of drug-likeness (QED) is 0.534. The van der Waals surface area contributed by atoms with E-state index in [1.807, 2.05) is 24.1 Å². The van der Waals surface area contributed by atoms with Gasteiger partial charge in [0, 0.05) is 44.0 Å². The summed E-state index contributed by atoms with van der Waals surface area (Å²) in [4.78, 5) is 9.14. The second-order valence-corrected chi connectivity index (χ2v) is 5.43. The van der Waals surface area contributed by atoms with Gasteiger partial charge in [-0.2, -0.15) is 10.1 Å². The van der Waals surface area contributed by atoms with Crippen LogP contribution in [-0.4, -0.2) is 53.1 Å². The van der Waals surface area contributed by atoms with Crippen LogP contribution in [0.15, 0.2) is 19.0 Å². The van der Waals surface area contributed by atoms with Gasteiger partial charge in [-0.1, -0.05) is 19.6 Å². The normalized spacial score (nSPS) is 10.7. The lowest BCUT2D eigenvalue weighted by Crippen LogP contribution is -2.16. The molecule has 0 bridgehead atoms. The van der Waals surface area contributed by atoms with E-state index >= 15 is 0 Å². The SMILES string of the molecule is C=Cc1c(NC)nc(NCCOCCN)nc1-c1cnn(CCC)c1. The van der Waals surface area contributed by atoms with Crippen LogP contribution >= 0.6 is 0 Å². The molecule has 0 saturated heterocycles. The molecule has 0 aliphatic carbocycles. The molecular weight excluding hydrogens is 318 g/mol. The standard InChI is InChI=1S/C17H27N7O/c1-4-8-24-12-13(11-21-24)15-14(5-2)16(19-3)23-17(22-15)20-7-10-25-9-6-18/h5,11-12H,2,4,6-10,18H2,1,3H3,(H2,19,20,22,23). The van der Waals surface area contributed by atoms with Crippen LogP contribution in [0.4, 0.5) is 11.8 Å². The zero-order valence-electron chi connectivity index (χ0n) is 15.0. The van der Waals surface area contributed by atoms with Gasteiger partial charge in [0.1, 0.15) is 5.82 Å². The molecule has 0 aromatic carbocycles. The highest BCUT2D eigenvalue weighted by molar-refractivity contribution is 5.78. The van der Waals surface area contributed by atoms with Crippen molar-refractivity contribution < 1.29 is 4.74 Å². The Labute approximate surface area is 148 Å². The Morgan fingerprint density at radius 1 is 1.36 bits per heavy atom. The van der Waals surface area contributed by atoms with Crippen LogP contribution in [0.1, 0.15) is 18.9 Å². The third-order valence-electron chi connectivity index (χ3n) is 3.54. The largest absolute Gasteiger partial charge is 0.378 e. The summed E-state index contributed by atoms with van der Waals surface area (Å²) >= 11 is 0. The van der Waals surface area contributed by atoms with Gasteiger partial charge in [-0.15, -0.1) is 0 Å². The number of hydrogen-bond acceptors (Lipinski definition) is 7. The third kappa shape index (κ3) is 5.01. The molecule has 2 rings (SSSR count). The summed E-state index contributed by atoms with van der Waals surface area (Å²) in [7, 11) is 1.83. The van der Waals surface area contributed by atoms with E-state index in [2.05, 4.69) is 39.2 Å². The first-order valence-corrected chi connectivity index (χ1v) is 8.50. The average Bonchev–Trinajstić information content (AvgIpc) is 3.09. The summed E-state index contributed by atoms with van der Waals surface area (Å²) in [5.41, 5.74) is 7.98. The maximum Gasteiger partial charge on any atom is 0.225 e. The summed E-state index contributed by atoms with van der Waals surface area (Å²) < 4.78 is 7.28. The van der Waals surface area contributed by atoms with E-state index < -0.39 is 0 Å². The predicted octanol–water partition coefficient (Wildman–Crippen LogP) is 1.82. The smallest absolute Gasteiger partial charge is 0.225 e. The van der Waals surface area contributed by atoms with Gasteiger partial charge in [-0.3, -0.25) is 4.68 Å². The second-order valence-electron chi connectivity index (χ2n) is 5.43. The Kier molecular flexibility index (Phi) is 7.36. The molecule has 0 atom stereocenters. The van der Waals surface area contributed by atoms with Crippen LogP contribution in [-0.2, 0) is 11.3 Å². The van der Waals surface area contributed by atoms with Crippen molar-refractivity contribution in [3.63, 3.8) is 0 Å². The van der Waals surface area contributed by atoms with Crippen molar-refractivity contribution in [2.45, 2.75) is 19.9 Å². The number of anilines is 2. The molecule has 0 unspecified atom stereocenters. The van der Waals surface area contributed by atoms with Crippen molar-refractivity contribution in [1.29, 1.82) is 0 Å². The minimum absolute atomic E-state index is 0.514. The van der Waals surface area contributed by atoms with Crippen LogP contribution in [0.3, 0.4) is 0 Å². The predicted molar refractivity (Wildman–Crippen MR) is 102 cm³/mol. The zero-order valence-corrected chi connectivity index (χ0v) is 15.0. The minimum Gasteiger partial charge on any atom is -0.378 e. The molecule has 0 radical (unpaired) electrons. The van der Waals surface area contributed by atoms with Crippen molar-refractivity contribution in [3.8, 4) is 11.3 Å². The lowest BCUT2D eigenvalue weighted by molar-refractivity contribution is 0.151. The summed E-state index contributed by atoms with van der Waals surface area (Å²) in [6, 6.07) is 0. The number of nitrogens with two attached hydrogens (primary N) is 1. The van der Waals surface area contributed by atoms with Crippen LogP contribution in [0.5, 0.6) is 0 Å². The molecule has 0 spiro atoms. The number of aryl methyl sites for hydroxylation is 1. The van der Waals surface area contributed by atoms with Crippen LogP contribution in [0.25, 0.3) is 17.3 Å². The van der Waals surface area contributed by atoms with E-state index in [1.165, 1.54) is 0 Å². The first kappa shape index (κ1) is 18.9. The van der Waals surface area contributed by atoms with Gasteiger partial charge in [0.15, 0.2) is 0 Å². The Hall–Kier alpha value is -2.45. The fraction of sp³-hybridized carbons (Fsp3) is 0.471. The molecule has 0 aliphatic heterocycles. The zero-order chi connectivity index (χ0) is 18.1. The van der Waals surface area contributed by atoms with Gasteiger partial charge in [0.25, 0.3) is 0 Å². The molecular formula is C17H27N7O. The number of ether oxygens (including phenoxy) is 1. The molecule has 8 nitrogen and oxygen atoms in total. The molecule has 8 heteroatoms. The van der Waals surface area contributed by atoms with Crippen molar-refractivity contribution in [2.75, 3.05) is 44.0 Å². The molecule has 0 saturated carbocycles. The Balaban J connectivity index is 2.25. The highest BCUT2D eigenvalue weighted by Gasteiger charge is 2.14. The lowest BCUT2D eigenvalue weighted by atomic mass is 10.1. The monoisotopic (exact) mass is 345 g/mol. The molecule has 0 aliphatic rings. The fourth-order valence-corrected chi connectivity index (χ4v) is 2.41. The molecule has 2 aromatic rings. The van der Waals surface area contributed by atoms with Gasteiger partial charge in [0.2, 0.25) is 5.95 Å². The van der Waals surface area contributed by atoms with Crippen LogP contribution in [0.2, 0.25) is 0 Å². The number of aromatic nitrogens is 4. The van der Waals surface area contributed by atoms with Gasteiger partial charge < -0.3 is 21.1 Å². The van der Waals surface area contributed by atoms with E-state index in [1.54, 1.807) is 6.08 Å². The minimum atomic E-state index is 0.514. The number of nitrogens with one attached hydrogen (secondary N) is 2. The van der Waals surface area contributed by atoms with E-state index in [4.69, 9.17) is 10.5 Å². The molecule has 2 aromatic heterocycles. The van der Waals surface area contributed by atoms with Gasteiger partial charge >= 0.3 is 0 Å². The Morgan fingerprint density at radius 2 is 2.20 bits per heavy atom. The Morgan fingerprint density at radius 3 is 2.88 bits per heavy atom. The van der Waals surface area contributed by atoms with Crippen molar-refractivity contribution >= 4 is 17.8 Å². The Bertz CT molecular complexity index is 684. The number of rotatable bonds is 11. The topological polar surface area (TPSA) is 103 Å². The number of hydrogen-bond donors (Lipinski definition) is 3. The van der Waals surface area contributed by atoms with Crippen molar-refractivity contribution in [1.82, 2.24) is 19.7 Å². The maximum atomic E-state index is 5.40. The average molecular weight is 345 g/mol. The van der Waals surface area contributed by atoms with Crippen LogP contribution in [0, 0.1) is 0 Å². The highest BCUT2D eigenvalue weighted by Crippen LogP contribution is 2.28. The summed E-state index contributed by atoms with van der Waals surface area (Å²) in [6.45, 7) is 9.09. The van der Waals surface area contributed by atoms with Crippen molar-refractivity contribution in [2.24, 2.45) is 5.73 Å². The molecule has 0 fully saturated rings. The van der Waals surface area contributed by atoms with Crippen LogP contribution < -0.4 is 16.4 Å². The molecule has 4 N–H and O–H groups in total. The second kappa shape index (κ2) is 9.75. The molecule has 136 valence electrons. The summed E-state index contributed by atoms with van der Waals surface area (Å²) in [5.74, 6) is 1.25. The van der Waals surface area contributed by atoms with Gasteiger partial charge in [0.05, 0.1) is 25.1 Å². The molecule has 2 heterocycles. The van der Waals surface area contributed by atoms with E-state index in [0.29, 0.717) is 38.1 Å². The molecule has 0 amide bonds. The molecule has 25 heavy (non-hydrogen) atoms.